The molecule has 0 aliphatic heterocycles. The van der Waals surface area contributed by atoms with Crippen LogP contribution in [0.4, 0.5) is 9.59 Å². The largest absolute Gasteiger partial charge is 0.351 e. The zero-order chi connectivity index (χ0) is 14.4. The summed E-state index contributed by atoms with van der Waals surface area (Å²) in [4.78, 5) is 21.5. The van der Waals surface area contributed by atoms with E-state index >= 15 is 0 Å². The molecule has 108 valence electrons. The quantitative estimate of drug-likeness (QED) is 0.460. The fourth-order valence-corrected chi connectivity index (χ4v) is 2.42. The number of hydrogen-bond acceptors (Lipinski definition) is 4. The number of nitrogens with two attached hydrogens (primary N) is 2. The molecule has 0 saturated heterocycles. The Bertz CT molecular complexity index is 370. The van der Waals surface area contributed by atoms with Gasteiger partial charge in [-0.25, -0.2) is 20.4 Å². The predicted octanol–water partition coefficient (Wildman–Crippen LogP) is 0.00830. The average molecular weight is 270 g/mol. The molecular weight excluding hydrogens is 248 g/mol. The van der Waals surface area contributed by atoms with Crippen molar-refractivity contribution in [3.8, 4) is 0 Å². The van der Waals surface area contributed by atoms with E-state index in [4.69, 9.17) is 11.5 Å². The third-order valence-corrected chi connectivity index (χ3v) is 3.37. The van der Waals surface area contributed by atoms with Crippen LogP contribution in [0.1, 0.15) is 33.1 Å². The number of nitrogens with one attached hydrogen (secondary N) is 3. The number of primary amides is 2. The van der Waals surface area contributed by atoms with E-state index in [1.165, 1.54) is 0 Å². The number of carbonyl (C=O) groups is 2. The molecule has 4 amide bonds. The van der Waals surface area contributed by atoms with Crippen LogP contribution in [0.3, 0.4) is 0 Å². The molecule has 1 aliphatic carbocycles. The summed E-state index contributed by atoms with van der Waals surface area (Å²) in [6.45, 7) is 4.17. The van der Waals surface area contributed by atoms with Crippen LogP contribution in [0.15, 0.2) is 5.10 Å². The first-order valence-electron chi connectivity index (χ1n) is 6.36. The Balaban J connectivity index is 2.78. The third kappa shape index (κ3) is 4.74. The number of amides is 4. The van der Waals surface area contributed by atoms with Gasteiger partial charge in [-0.3, -0.25) is 5.43 Å². The molecular formula is C11H22N6O2. The lowest BCUT2D eigenvalue weighted by atomic mass is 9.77. The molecule has 1 rings (SSSR count). The number of rotatable bonds is 4. The summed E-state index contributed by atoms with van der Waals surface area (Å²) in [7, 11) is 0. The van der Waals surface area contributed by atoms with Crippen molar-refractivity contribution in [1.29, 1.82) is 0 Å². The van der Waals surface area contributed by atoms with E-state index in [1.54, 1.807) is 0 Å². The van der Waals surface area contributed by atoms with Crippen molar-refractivity contribution in [1.82, 2.24) is 16.3 Å². The molecule has 8 nitrogen and oxygen atoms in total. The number of nitrogens with zero attached hydrogens (tertiary/aromatic N) is 1. The van der Waals surface area contributed by atoms with Crippen molar-refractivity contribution < 1.29 is 9.59 Å². The summed E-state index contributed by atoms with van der Waals surface area (Å²) < 4.78 is 0. The molecule has 8 heteroatoms. The first-order chi connectivity index (χ1) is 8.93. The molecule has 19 heavy (non-hydrogen) atoms. The van der Waals surface area contributed by atoms with Crippen LogP contribution < -0.4 is 27.7 Å². The van der Waals surface area contributed by atoms with E-state index in [-0.39, 0.29) is 12.0 Å². The van der Waals surface area contributed by atoms with Gasteiger partial charge in [-0.1, -0.05) is 20.3 Å². The highest BCUT2D eigenvalue weighted by molar-refractivity contribution is 5.91. The van der Waals surface area contributed by atoms with Gasteiger partial charge >= 0.3 is 12.1 Å². The van der Waals surface area contributed by atoms with Gasteiger partial charge in [0, 0.05) is 0 Å². The Morgan fingerprint density at radius 1 is 1.37 bits per heavy atom. The number of hydrazine groups is 1. The molecule has 0 aromatic rings. The fourth-order valence-electron chi connectivity index (χ4n) is 2.42. The Labute approximate surface area is 112 Å². The first-order valence-corrected chi connectivity index (χ1v) is 6.36. The summed E-state index contributed by atoms with van der Waals surface area (Å²) in [5, 5.41) is 4.03. The van der Waals surface area contributed by atoms with Gasteiger partial charge in [0.1, 0.15) is 0 Å². The summed E-state index contributed by atoms with van der Waals surface area (Å²) in [5.74, 6) is 0.772. The summed E-state index contributed by atoms with van der Waals surface area (Å²) in [5.41, 5.74) is 18.3. The van der Waals surface area contributed by atoms with Gasteiger partial charge in [0.25, 0.3) is 0 Å². The lowest BCUT2D eigenvalue weighted by Gasteiger charge is -2.35. The maximum atomic E-state index is 10.8. The normalized spacial score (nSPS) is 28.9. The van der Waals surface area contributed by atoms with Gasteiger partial charge in [0.15, 0.2) is 0 Å². The molecule has 7 N–H and O–H groups in total. The first kappa shape index (κ1) is 15.2. The summed E-state index contributed by atoms with van der Waals surface area (Å²) in [6.07, 6.45) is 2.80. The SMILES string of the molecule is CC[C@@H]1C/C(=N\NC(N)=O)[C@H](NNC(N)=O)[C@@H](C)C1. The Kier molecular flexibility index (Phi) is 5.56. The van der Waals surface area contributed by atoms with E-state index in [9.17, 15) is 9.59 Å². The zero-order valence-corrected chi connectivity index (χ0v) is 11.3. The number of hydrogen-bond donors (Lipinski definition) is 5. The summed E-state index contributed by atoms with van der Waals surface area (Å²) >= 11 is 0. The van der Waals surface area contributed by atoms with Crippen LogP contribution >= 0.6 is 0 Å². The van der Waals surface area contributed by atoms with Crippen LogP contribution in [0.25, 0.3) is 0 Å². The molecule has 0 radical (unpaired) electrons. The van der Waals surface area contributed by atoms with Crippen LogP contribution in [-0.4, -0.2) is 23.8 Å². The minimum atomic E-state index is -0.708. The second kappa shape index (κ2) is 6.93. The molecule has 3 atom stereocenters. The third-order valence-electron chi connectivity index (χ3n) is 3.37. The van der Waals surface area contributed by atoms with E-state index < -0.39 is 12.1 Å². The maximum Gasteiger partial charge on any atom is 0.332 e. The highest BCUT2D eigenvalue weighted by atomic mass is 16.2. The Hall–Kier alpha value is -1.83. The summed E-state index contributed by atoms with van der Waals surface area (Å²) in [6, 6.07) is -1.53. The average Bonchev–Trinajstić information content (AvgIpc) is 2.34. The highest BCUT2D eigenvalue weighted by Crippen LogP contribution is 2.29. The van der Waals surface area contributed by atoms with Crippen molar-refractivity contribution >= 4 is 17.8 Å². The number of hydrazone groups is 1. The van der Waals surface area contributed by atoms with Gasteiger partial charge in [0.05, 0.1) is 11.8 Å². The lowest BCUT2D eigenvalue weighted by Crippen LogP contribution is -2.55. The second-order valence-corrected chi connectivity index (χ2v) is 4.88. The van der Waals surface area contributed by atoms with Gasteiger partial charge < -0.3 is 11.5 Å². The minimum absolute atomic E-state index is 0.165. The number of carbonyl (C=O) groups excluding carboxylic acids is 2. The van der Waals surface area contributed by atoms with Gasteiger partial charge in [-0.2, -0.15) is 5.10 Å². The smallest absolute Gasteiger partial charge is 0.332 e. The highest BCUT2D eigenvalue weighted by Gasteiger charge is 2.32. The van der Waals surface area contributed by atoms with Crippen molar-refractivity contribution in [2.24, 2.45) is 28.4 Å². The van der Waals surface area contributed by atoms with E-state index in [0.717, 1.165) is 25.0 Å². The van der Waals surface area contributed by atoms with E-state index in [1.807, 2.05) is 0 Å². The fraction of sp³-hybridized carbons (Fsp3) is 0.727. The van der Waals surface area contributed by atoms with Gasteiger partial charge in [0.2, 0.25) is 0 Å². The topological polar surface area (TPSA) is 135 Å². The molecule has 0 heterocycles. The molecule has 0 aromatic carbocycles. The molecule has 0 aromatic heterocycles. The maximum absolute atomic E-state index is 10.8. The monoisotopic (exact) mass is 270 g/mol. The second-order valence-electron chi connectivity index (χ2n) is 4.88. The predicted molar refractivity (Wildman–Crippen MR) is 72.0 cm³/mol. The molecule has 0 bridgehead atoms. The van der Waals surface area contributed by atoms with Gasteiger partial charge in [-0.15, -0.1) is 0 Å². The van der Waals surface area contributed by atoms with Crippen molar-refractivity contribution in [2.45, 2.75) is 39.2 Å². The Morgan fingerprint density at radius 2 is 2.05 bits per heavy atom. The van der Waals surface area contributed by atoms with E-state index in [2.05, 4.69) is 35.2 Å². The minimum Gasteiger partial charge on any atom is -0.351 e. The molecule has 1 fully saturated rings. The number of urea groups is 2. The zero-order valence-electron chi connectivity index (χ0n) is 11.3. The lowest BCUT2D eigenvalue weighted by molar-refractivity contribution is 0.236. The Morgan fingerprint density at radius 3 is 2.58 bits per heavy atom. The standard InChI is InChI=1S/C11H22N6O2/c1-3-7-4-6(2)9(15-17-11(13)19)8(5-7)14-16-10(12)18/h6-7,9,15H,3-5H2,1-2H3,(H3,12,16,18)(H3,13,17,19)/b14-8+/t6-,7-,9+/m0/s1. The molecule has 1 aliphatic rings. The van der Waals surface area contributed by atoms with Crippen molar-refractivity contribution in [2.75, 3.05) is 0 Å². The van der Waals surface area contributed by atoms with E-state index in [0.29, 0.717) is 5.92 Å². The molecule has 0 spiro atoms. The molecule has 0 unspecified atom stereocenters. The van der Waals surface area contributed by atoms with Crippen LogP contribution in [0.5, 0.6) is 0 Å². The van der Waals surface area contributed by atoms with Crippen molar-refractivity contribution in [3.63, 3.8) is 0 Å². The van der Waals surface area contributed by atoms with Crippen molar-refractivity contribution in [3.05, 3.63) is 0 Å². The van der Waals surface area contributed by atoms with Crippen LogP contribution in [0.2, 0.25) is 0 Å². The van der Waals surface area contributed by atoms with Crippen LogP contribution in [-0.2, 0) is 0 Å². The van der Waals surface area contributed by atoms with Crippen LogP contribution in [0, 0.1) is 11.8 Å². The molecule has 1 saturated carbocycles. The van der Waals surface area contributed by atoms with Gasteiger partial charge in [-0.05, 0) is 24.7 Å².